The van der Waals surface area contributed by atoms with Crippen LogP contribution in [0.5, 0.6) is 0 Å². The fourth-order valence-corrected chi connectivity index (χ4v) is 2.10. The van der Waals surface area contributed by atoms with Gasteiger partial charge in [0.05, 0.1) is 6.20 Å². The molecular weight excluding hydrogens is 264 g/mol. The van der Waals surface area contributed by atoms with Crippen LogP contribution in [0.25, 0.3) is 11.1 Å². The smallest absolute Gasteiger partial charge is 0.169 e. The standard InChI is InChI=1S/C12H6Cl2FNO/c13-9-2-1-3-10(14)12(9)8-4-7(15)5-16-11(8)6-17/h1-6H. The van der Waals surface area contributed by atoms with Gasteiger partial charge in [0.1, 0.15) is 11.5 Å². The Hall–Kier alpha value is -1.45. The fraction of sp³-hybridized carbons (Fsp3) is 0. The molecule has 2 nitrogen and oxygen atoms in total. The lowest BCUT2D eigenvalue weighted by Gasteiger charge is -2.08. The molecule has 86 valence electrons. The number of hydrogen-bond acceptors (Lipinski definition) is 2. The minimum absolute atomic E-state index is 0.0985. The summed E-state index contributed by atoms with van der Waals surface area (Å²) < 4.78 is 13.2. The van der Waals surface area contributed by atoms with Gasteiger partial charge in [0.15, 0.2) is 6.29 Å². The maximum atomic E-state index is 13.2. The largest absolute Gasteiger partial charge is 0.296 e. The van der Waals surface area contributed by atoms with E-state index in [0.717, 1.165) is 6.20 Å². The van der Waals surface area contributed by atoms with Gasteiger partial charge in [-0.05, 0) is 18.2 Å². The molecule has 2 aromatic rings. The van der Waals surface area contributed by atoms with Crippen LogP contribution in [0.2, 0.25) is 10.0 Å². The highest BCUT2D eigenvalue weighted by Crippen LogP contribution is 2.35. The molecule has 0 spiro atoms. The molecule has 0 saturated carbocycles. The molecule has 0 atom stereocenters. The van der Waals surface area contributed by atoms with E-state index in [1.165, 1.54) is 6.07 Å². The molecule has 0 aliphatic carbocycles. The quantitative estimate of drug-likeness (QED) is 0.772. The van der Waals surface area contributed by atoms with Crippen molar-refractivity contribution < 1.29 is 9.18 Å². The number of carbonyl (C=O) groups is 1. The van der Waals surface area contributed by atoms with Gasteiger partial charge in [-0.1, -0.05) is 29.3 Å². The van der Waals surface area contributed by atoms with Crippen molar-refractivity contribution in [2.45, 2.75) is 0 Å². The summed E-state index contributed by atoms with van der Waals surface area (Å²) in [7, 11) is 0. The number of nitrogens with zero attached hydrogens (tertiary/aromatic N) is 1. The predicted molar refractivity (Wildman–Crippen MR) is 65.0 cm³/mol. The van der Waals surface area contributed by atoms with E-state index in [-0.39, 0.29) is 11.3 Å². The number of rotatable bonds is 2. The molecule has 0 N–H and O–H groups in total. The van der Waals surface area contributed by atoms with Crippen LogP contribution in [0, 0.1) is 5.82 Å². The predicted octanol–water partition coefficient (Wildman–Crippen LogP) is 4.01. The Bertz CT molecular complexity index is 566. The Kier molecular flexibility index (Phi) is 3.41. The topological polar surface area (TPSA) is 30.0 Å². The third-order valence-electron chi connectivity index (χ3n) is 2.23. The maximum absolute atomic E-state index is 13.2. The van der Waals surface area contributed by atoms with E-state index >= 15 is 0 Å². The Morgan fingerprint density at radius 3 is 2.47 bits per heavy atom. The van der Waals surface area contributed by atoms with Gasteiger partial charge in [0, 0.05) is 21.2 Å². The van der Waals surface area contributed by atoms with Gasteiger partial charge in [0.2, 0.25) is 0 Å². The normalized spacial score (nSPS) is 10.3. The lowest BCUT2D eigenvalue weighted by Crippen LogP contribution is -1.95. The number of benzene rings is 1. The van der Waals surface area contributed by atoms with Gasteiger partial charge in [-0.2, -0.15) is 0 Å². The average Bonchev–Trinajstić information content (AvgIpc) is 2.29. The van der Waals surface area contributed by atoms with Gasteiger partial charge in [-0.15, -0.1) is 0 Å². The maximum Gasteiger partial charge on any atom is 0.169 e. The first-order valence-corrected chi connectivity index (χ1v) is 5.44. The Balaban J connectivity index is 2.75. The molecule has 0 bridgehead atoms. The molecule has 0 aliphatic heterocycles. The van der Waals surface area contributed by atoms with E-state index in [2.05, 4.69) is 4.98 Å². The fourth-order valence-electron chi connectivity index (χ4n) is 1.50. The van der Waals surface area contributed by atoms with Crippen molar-refractivity contribution in [3.8, 4) is 11.1 Å². The van der Waals surface area contributed by atoms with E-state index in [1.807, 2.05) is 0 Å². The van der Waals surface area contributed by atoms with Crippen molar-refractivity contribution in [2.75, 3.05) is 0 Å². The Morgan fingerprint density at radius 2 is 1.88 bits per heavy atom. The second-order valence-corrected chi connectivity index (χ2v) is 4.12. The zero-order valence-electron chi connectivity index (χ0n) is 8.45. The van der Waals surface area contributed by atoms with Crippen LogP contribution in [-0.4, -0.2) is 11.3 Å². The average molecular weight is 270 g/mol. The molecule has 0 saturated heterocycles. The molecule has 1 aromatic carbocycles. The van der Waals surface area contributed by atoms with Gasteiger partial charge in [-0.3, -0.25) is 4.79 Å². The molecular formula is C12H6Cl2FNO. The lowest BCUT2D eigenvalue weighted by molar-refractivity contribution is 0.111. The van der Waals surface area contributed by atoms with Crippen LogP contribution < -0.4 is 0 Å². The van der Waals surface area contributed by atoms with E-state index < -0.39 is 5.82 Å². The summed E-state index contributed by atoms with van der Waals surface area (Å²) in [6, 6.07) is 6.08. The van der Waals surface area contributed by atoms with Crippen LogP contribution in [0.4, 0.5) is 4.39 Å². The van der Waals surface area contributed by atoms with Gasteiger partial charge in [0.25, 0.3) is 0 Å². The van der Waals surface area contributed by atoms with Crippen molar-refractivity contribution in [3.05, 3.63) is 52.0 Å². The monoisotopic (exact) mass is 269 g/mol. The van der Waals surface area contributed by atoms with Gasteiger partial charge in [-0.25, -0.2) is 9.37 Å². The summed E-state index contributed by atoms with van der Waals surface area (Å²) in [5.74, 6) is -0.554. The molecule has 5 heteroatoms. The summed E-state index contributed by atoms with van der Waals surface area (Å²) in [5, 5.41) is 0.681. The van der Waals surface area contributed by atoms with Crippen LogP contribution in [0.1, 0.15) is 10.5 Å². The lowest BCUT2D eigenvalue weighted by atomic mass is 10.0. The van der Waals surface area contributed by atoms with E-state index in [4.69, 9.17) is 23.2 Å². The molecule has 0 unspecified atom stereocenters. The second-order valence-electron chi connectivity index (χ2n) is 3.30. The van der Waals surface area contributed by atoms with Crippen LogP contribution in [0.3, 0.4) is 0 Å². The summed E-state index contributed by atoms with van der Waals surface area (Å²) in [4.78, 5) is 14.6. The SMILES string of the molecule is O=Cc1ncc(F)cc1-c1c(Cl)cccc1Cl. The zero-order chi connectivity index (χ0) is 12.4. The van der Waals surface area contributed by atoms with Crippen LogP contribution >= 0.6 is 23.2 Å². The third-order valence-corrected chi connectivity index (χ3v) is 2.86. The molecule has 0 aliphatic rings. The molecule has 17 heavy (non-hydrogen) atoms. The van der Waals surface area contributed by atoms with Crippen LogP contribution in [-0.2, 0) is 0 Å². The van der Waals surface area contributed by atoms with Gasteiger partial charge < -0.3 is 0 Å². The van der Waals surface area contributed by atoms with Crippen molar-refractivity contribution in [1.82, 2.24) is 4.98 Å². The van der Waals surface area contributed by atoms with Crippen molar-refractivity contribution in [1.29, 1.82) is 0 Å². The zero-order valence-corrected chi connectivity index (χ0v) is 9.97. The Labute approximate surface area is 107 Å². The summed E-state index contributed by atoms with van der Waals surface area (Å²) in [6.07, 6.45) is 1.51. The molecule has 1 aromatic heterocycles. The highest BCUT2D eigenvalue weighted by atomic mass is 35.5. The summed E-state index contributed by atoms with van der Waals surface area (Å²) in [5.41, 5.74) is 0.793. The highest BCUT2D eigenvalue weighted by molar-refractivity contribution is 6.39. The van der Waals surface area contributed by atoms with E-state index in [0.29, 0.717) is 21.9 Å². The first kappa shape index (κ1) is 12.0. The second kappa shape index (κ2) is 4.82. The number of halogens is 3. The molecule has 0 amide bonds. The molecule has 2 rings (SSSR count). The van der Waals surface area contributed by atoms with Crippen molar-refractivity contribution in [3.63, 3.8) is 0 Å². The number of aromatic nitrogens is 1. The number of carbonyl (C=O) groups excluding carboxylic acids is 1. The first-order chi connectivity index (χ1) is 8.13. The highest BCUT2D eigenvalue weighted by Gasteiger charge is 2.14. The van der Waals surface area contributed by atoms with E-state index in [9.17, 15) is 9.18 Å². The Morgan fingerprint density at radius 1 is 1.24 bits per heavy atom. The number of pyridine rings is 1. The van der Waals surface area contributed by atoms with E-state index in [1.54, 1.807) is 18.2 Å². The summed E-state index contributed by atoms with van der Waals surface area (Å²) >= 11 is 12.0. The molecule has 1 heterocycles. The van der Waals surface area contributed by atoms with Crippen molar-refractivity contribution in [2.24, 2.45) is 0 Å². The van der Waals surface area contributed by atoms with Crippen LogP contribution in [0.15, 0.2) is 30.5 Å². The van der Waals surface area contributed by atoms with Gasteiger partial charge >= 0.3 is 0 Å². The van der Waals surface area contributed by atoms with Crippen molar-refractivity contribution >= 4 is 29.5 Å². The minimum atomic E-state index is -0.554. The summed E-state index contributed by atoms with van der Waals surface area (Å²) in [6.45, 7) is 0. The minimum Gasteiger partial charge on any atom is -0.296 e. The third kappa shape index (κ3) is 2.30. The first-order valence-electron chi connectivity index (χ1n) is 4.68. The number of aldehydes is 1. The number of hydrogen-bond donors (Lipinski definition) is 0. The molecule has 0 radical (unpaired) electrons. The molecule has 0 fully saturated rings.